The van der Waals surface area contributed by atoms with Crippen LogP contribution in [0, 0.1) is 0 Å². The van der Waals surface area contributed by atoms with Gasteiger partial charge in [-0.3, -0.25) is 0 Å². The van der Waals surface area contributed by atoms with Crippen molar-refractivity contribution in [2.45, 2.75) is 0 Å². The minimum atomic E-state index is 0.585. The minimum Gasteiger partial charge on any atom is -0.309 e. The van der Waals surface area contributed by atoms with Crippen LogP contribution in [0.3, 0.4) is 0 Å². The molecule has 90 valence electrons. The number of quaternary nitrogens is 1. The molecular formula is C12H15ClN3S+. The Morgan fingerprint density at radius 2 is 1.82 bits per heavy atom. The number of benzene rings is 1. The normalized spacial score (nSPS) is 18.2. The Kier molecular flexibility index (Phi) is 3.12. The molecule has 0 atom stereocenters. The predicted octanol–water partition coefficient (Wildman–Crippen LogP) is 2.86. The van der Waals surface area contributed by atoms with Crippen LogP contribution in [0.1, 0.15) is 0 Å². The van der Waals surface area contributed by atoms with Gasteiger partial charge in [0.15, 0.2) is 4.99 Å². The zero-order chi connectivity index (χ0) is 12.6. The number of nitrogens with zero attached hydrogens (tertiary/aromatic N) is 2. The Balaban J connectivity index is 2.22. The largest absolute Gasteiger partial charge is 0.309 e. The van der Waals surface area contributed by atoms with Crippen molar-refractivity contribution in [3.05, 3.63) is 41.2 Å². The standard InChI is InChI=1S/C12H14ClN3S/c1-15-12(17)8-11(16(15,2)3)14-10-6-4-9(13)5-7-10/h4-8H,1-3H3/p+1. The molecule has 0 aromatic heterocycles. The molecule has 5 heteroatoms. The lowest BCUT2D eigenvalue weighted by atomic mass is 10.3. The molecule has 1 aliphatic heterocycles. The number of likely N-dealkylation sites (N-methyl/N-ethyl adjacent to an activating group) is 1. The molecule has 3 nitrogen and oxygen atoms in total. The molecule has 0 saturated carbocycles. The highest BCUT2D eigenvalue weighted by molar-refractivity contribution is 7.80. The number of nitrogens with one attached hydrogen (secondary N) is 1. The van der Waals surface area contributed by atoms with E-state index in [-0.39, 0.29) is 0 Å². The first kappa shape index (κ1) is 12.4. The first-order chi connectivity index (χ1) is 7.91. The van der Waals surface area contributed by atoms with Crippen LogP contribution in [-0.2, 0) is 0 Å². The van der Waals surface area contributed by atoms with Crippen LogP contribution in [0.5, 0.6) is 0 Å². The second kappa shape index (κ2) is 4.29. The van der Waals surface area contributed by atoms with Gasteiger partial charge < -0.3 is 5.32 Å². The summed E-state index contributed by atoms with van der Waals surface area (Å²) in [7, 11) is 6.14. The molecule has 2 rings (SSSR count). The number of rotatable bonds is 2. The summed E-state index contributed by atoms with van der Waals surface area (Å²) < 4.78 is 0.585. The summed E-state index contributed by atoms with van der Waals surface area (Å²) in [5, 5.41) is 6.12. The number of hydrogen-bond donors (Lipinski definition) is 1. The molecule has 1 heterocycles. The molecule has 0 aliphatic carbocycles. The van der Waals surface area contributed by atoms with Crippen LogP contribution in [-0.4, -0.2) is 35.7 Å². The van der Waals surface area contributed by atoms with E-state index in [0.717, 1.165) is 21.5 Å². The van der Waals surface area contributed by atoms with E-state index in [1.165, 1.54) is 0 Å². The molecule has 17 heavy (non-hydrogen) atoms. The molecule has 0 saturated heterocycles. The Morgan fingerprint density at radius 3 is 2.29 bits per heavy atom. The van der Waals surface area contributed by atoms with Crippen LogP contribution >= 0.6 is 23.8 Å². The molecule has 0 spiro atoms. The Hall–Kier alpha value is -1.10. The third kappa shape index (κ3) is 2.29. The van der Waals surface area contributed by atoms with Crippen molar-refractivity contribution in [2.75, 3.05) is 26.5 Å². The molecule has 0 radical (unpaired) electrons. The summed E-state index contributed by atoms with van der Waals surface area (Å²) in [6.45, 7) is 0. The molecule has 1 aliphatic rings. The SMILES string of the molecule is CN1C(=S)C=C(Nc2ccc(Cl)cc2)[N+]1(C)C. The first-order valence-corrected chi connectivity index (χ1v) is 6.07. The number of anilines is 1. The molecule has 1 aromatic carbocycles. The van der Waals surface area contributed by atoms with Crippen LogP contribution in [0.15, 0.2) is 36.2 Å². The number of thiocarbonyl (C=S) groups is 1. The molecule has 0 unspecified atom stereocenters. The van der Waals surface area contributed by atoms with Crippen LogP contribution in [0.25, 0.3) is 0 Å². The van der Waals surface area contributed by atoms with Crippen molar-refractivity contribution in [1.29, 1.82) is 0 Å². The van der Waals surface area contributed by atoms with E-state index < -0.39 is 0 Å². The topological polar surface area (TPSA) is 15.3 Å². The number of halogens is 1. The van der Waals surface area contributed by atoms with E-state index in [1.54, 1.807) is 0 Å². The van der Waals surface area contributed by atoms with Crippen molar-refractivity contribution in [2.24, 2.45) is 0 Å². The summed E-state index contributed by atoms with van der Waals surface area (Å²) in [6, 6.07) is 7.62. The minimum absolute atomic E-state index is 0.585. The van der Waals surface area contributed by atoms with Crippen LogP contribution in [0.4, 0.5) is 5.69 Å². The van der Waals surface area contributed by atoms with Gasteiger partial charge in [0.2, 0.25) is 5.82 Å². The monoisotopic (exact) mass is 268 g/mol. The van der Waals surface area contributed by atoms with Gasteiger partial charge >= 0.3 is 0 Å². The van der Waals surface area contributed by atoms with Crippen molar-refractivity contribution in [3.63, 3.8) is 0 Å². The maximum absolute atomic E-state index is 5.86. The fraction of sp³-hybridized carbons (Fsp3) is 0.250. The fourth-order valence-corrected chi connectivity index (χ4v) is 2.07. The van der Waals surface area contributed by atoms with Gasteiger partial charge in [0.05, 0.1) is 27.2 Å². The fourth-order valence-electron chi connectivity index (χ4n) is 1.63. The number of hydrogen-bond acceptors (Lipinski definition) is 2. The van der Waals surface area contributed by atoms with Gasteiger partial charge in [0.1, 0.15) is 0 Å². The summed E-state index contributed by atoms with van der Waals surface area (Å²) >= 11 is 11.1. The van der Waals surface area contributed by atoms with Gasteiger partial charge in [-0.25, -0.2) is 5.01 Å². The lowest BCUT2D eigenvalue weighted by Crippen LogP contribution is -2.50. The maximum Gasteiger partial charge on any atom is 0.233 e. The highest BCUT2D eigenvalue weighted by Crippen LogP contribution is 2.25. The zero-order valence-electron chi connectivity index (χ0n) is 10.1. The summed E-state index contributed by atoms with van der Waals surface area (Å²) in [5.74, 6) is 1.04. The lowest BCUT2D eigenvalue weighted by Gasteiger charge is -2.33. The van der Waals surface area contributed by atoms with Gasteiger partial charge in [-0.05, 0) is 24.3 Å². The maximum atomic E-state index is 5.86. The summed E-state index contributed by atoms with van der Waals surface area (Å²) in [6.07, 6.45) is 1.98. The van der Waals surface area contributed by atoms with Crippen molar-refractivity contribution < 1.29 is 4.59 Å². The van der Waals surface area contributed by atoms with Gasteiger partial charge in [0.25, 0.3) is 0 Å². The average molecular weight is 269 g/mol. The van der Waals surface area contributed by atoms with Crippen LogP contribution in [0.2, 0.25) is 5.02 Å². The van der Waals surface area contributed by atoms with Gasteiger partial charge in [-0.2, -0.15) is 4.59 Å². The van der Waals surface area contributed by atoms with E-state index in [0.29, 0.717) is 4.59 Å². The third-order valence-electron chi connectivity index (χ3n) is 3.04. The highest BCUT2D eigenvalue weighted by atomic mass is 35.5. The average Bonchev–Trinajstić information content (AvgIpc) is 2.46. The molecule has 0 bridgehead atoms. The molecular weight excluding hydrogens is 254 g/mol. The van der Waals surface area contributed by atoms with Crippen LogP contribution < -0.4 is 5.32 Å². The van der Waals surface area contributed by atoms with E-state index in [4.69, 9.17) is 23.8 Å². The predicted molar refractivity (Wildman–Crippen MR) is 75.6 cm³/mol. The summed E-state index contributed by atoms with van der Waals surface area (Å²) in [4.78, 5) is 0.825. The lowest BCUT2D eigenvalue weighted by molar-refractivity contribution is -0.946. The Labute approximate surface area is 112 Å². The van der Waals surface area contributed by atoms with E-state index in [1.807, 2.05) is 42.4 Å². The van der Waals surface area contributed by atoms with E-state index in [9.17, 15) is 0 Å². The summed E-state index contributed by atoms with van der Waals surface area (Å²) in [5.41, 5.74) is 1.00. The quantitative estimate of drug-likeness (QED) is 0.656. The molecule has 0 fully saturated rings. The van der Waals surface area contributed by atoms with E-state index in [2.05, 4.69) is 19.4 Å². The van der Waals surface area contributed by atoms with Gasteiger partial charge in [-0.1, -0.05) is 23.8 Å². The van der Waals surface area contributed by atoms with Gasteiger partial charge in [0, 0.05) is 10.7 Å². The molecule has 1 aromatic rings. The molecule has 1 N–H and O–H groups in total. The molecule has 0 amide bonds. The zero-order valence-corrected chi connectivity index (χ0v) is 11.6. The van der Waals surface area contributed by atoms with Crippen molar-refractivity contribution >= 4 is 34.5 Å². The third-order valence-corrected chi connectivity index (χ3v) is 3.67. The van der Waals surface area contributed by atoms with Crippen molar-refractivity contribution in [3.8, 4) is 0 Å². The highest BCUT2D eigenvalue weighted by Gasteiger charge is 2.36. The smallest absolute Gasteiger partial charge is 0.233 e. The van der Waals surface area contributed by atoms with Crippen molar-refractivity contribution in [1.82, 2.24) is 5.01 Å². The van der Waals surface area contributed by atoms with Gasteiger partial charge in [-0.15, -0.1) is 0 Å². The Bertz CT molecular complexity index is 479. The first-order valence-electron chi connectivity index (χ1n) is 5.28. The second-order valence-corrected chi connectivity index (χ2v) is 5.27. The Morgan fingerprint density at radius 1 is 1.24 bits per heavy atom. The second-order valence-electron chi connectivity index (χ2n) is 4.42. The van der Waals surface area contributed by atoms with E-state index >= 15 is 0 Å².